The number of aromatic nitrogens is 3. The second kappa shape index (κ2) is 10.6. The Morgan fingerprint density at radius 1 is 0.404 bits per heavy atom. The summed E-state index contributed by atoms with van der Waals surface area (Å²) in [6.45, 7) is 4.67. The summed E-state index contributed by atoms with van der Waals surface area (Å²) in [6, 6.07) is 53.6. The molecule has 0 saturated carbocycles. The number of nitrogens with zero attached hydrogens (tertiary/aromatic N) is 3. The van der Waals surface area contributed by atoms with Gasteiger partial charge >= 0.3 is 0 Å². The van der Waals surface area contributed by atoms with Crippen LogP contribution in [0, 0.1) is 0 Å². The highest BCUT2D eigenvalue weighted by Crippen LogP contribution is 2.53. The van der Waals surface area contributed by atoms with E-state index in [9.17, 15) is 0 Å². The van der Waals surface area contributed by atoms with Gasteiger partial charge in [0.25, 0.3) is 0 Å². The standard InChI is InChI=1S/C44H31N3/c1-44(2)37-20-12-11-19-35(37)40-38(44)26-25-34-36(27-32-17-9-10-18-33(32)39(34)40)43-46-41(30-15-7-4-8-16-30)45-42(47-43)31-23-21-29(22-24-31)28-13-5-3-6-14-28/h3-27H,1-2H3. The number of fused-ring (bicyclic) bond motifs is 7. The van der Waals surface area contributed by atoms with Crippen LogP contribution in [0.25, 0.3) is 78.0 Å². The first-order valence-corrected chi connectivity index (χ1v) is 16.1. The fraction of sp³-hybridized carbons (Fsp3) is 0.0682. The van der Waals surface area contributed by atoms with E-state index in [2.05, 4.69) is 141 Å². The van der Waals surface area contributed by atoms with Gasteiger partial charge in [0.05, 0.1) is 0 Å². The minimum atomic E-state index is -0.0933. The van der Waals surface area contributed by atoms with Crippen molar-refractivity contribution in [2.24, 2.45) is 0 Å². The number of hydrogen-bond donors (Lipinski definition) is 0. The Morgan fingerprint density at radius 2 is 0.957 bits per heavy atom. The minimum Gasteiger partial charge on any atom is -0.208 e. The second-order valence-corrected chi connectivity index (χ2v) is 12.8. The monoisotopic (exact) mass is 601 g/mol. The summed E-state index contributed by atoms with van der Waals surface area (Å²) in [6.07, 6.45) is 0. The molecule has 0 bridgehead atoms. The summed E-state index contributed by atoms with van der Waals surface area (Å²) in [4.78, 5) is 15.4. The summed E-state index contributed by atoms with van der Waals surface area (Å²) < 4.78 is 0. The van der Waals surface area contributed by atoms with Gasteiger partial charge in [-0.2, -0.15) is 0 Å². The highest BCUT2D eigenvalue weighted by molar-refractivity contribution is 6.20. The van der Waals surface area contributed by atoms with Crippen LogP contribution in [0.5, 0.6) is 0 Å². The van der Waals surface area contributed by atoms with E-state index in [-0.39, 0.29) is 5.41 Å². The Bertz CT molecular complexity index is 2460. The molecule has 9 rings (SSSR count). The number of benzene rings is 7. The first kappa shape index (κ1) is 27.4. The molecule has 0 fully saturated rings. The van der Waals surface area contributed by atoms with Crippen LogP contribution in [0.3, 0.4) is 0 Å². The molecule has 0 radical (unpaired) electrons. The van der Waals surface area contributed by atoms with E-state index in [1.165, 1.54) is 44.0 Å². The Hall–Kier alpha value is -5.93. The lowest BCUT2D eigenvalue weighted by molar-refractivity contribution is 0.661. The van der Waals surface area contributed by atoms with Crippen molar-refractivity contribution < 1.29 is 0 Å². The smallest absolute Gasteiger partial charge is 0.164 e. The van der Waals surface area contributed by atoms with E-state index < -0.39 is 0 Å². The lowest BCUT2D eigenvalue weighted by atomic mass is 9.81. The Morgan fingerprint density at radius 3 is 1.70 bits per heavy atom. The van der Waals surface area contributed by atoms with Crippen molar-refractivity contribution in [3.63, 3.8) is 0 Å². The van der Waals surface area contributed by atoms with Gasteiger partial charge in [0, 0.05) is 22.1 Å². The van der Waals surface area contributed by atoms with Gasteiger partial charge in [-0.3, -0.25) is 0 Å². The van der Waals surface area contributed by atoms with Crippen molar-refractivity contribution >= 4 is 21.5 Å². The topological polar surface area (TPSA) is 38.7 Å². The fourth-order valence-electron chi connectivity index (χ4n) is 7.35. The minimum absolute atomic E-state index is 0.0933. The maximum Gasteiger partial charge on any atom is 0.164 e. The zero-order valence-corrected chi connectivity index (χ0v) is 26.3. The molecule has 222 valence electrons. The summed E-state index contributed by atoms with van der Waals surface area (Å²) in [5, 5.41) is 4.81. The lowest BCUT2D eigenvalue weighted by Crippen LogP contribution is -2.14. The van der Waals surface area contributed by atoms with Crippen molar-refractivity contribution in [2.45, 2.75) is 19.3 Å². The lowest BCUT2D eigenvalue weighted by Gasteiger charge is -2.22. The highest BCUT2D eigenvalue weighted by atomic mass is 15.0. The van der Waals surface area contributed by atoms with Crippen LogP contribution in [0.15, 0.2) is 152 Å². The van der Waals surface area contributed by atoms with Gasteiger partial charge in [-0.1, -0.05) is 159 Å². The molecule has 0 atom stereocenters. The summed E-state index contributed by atoms with van der Waals surface area (Å²) in [5.41, 5.74) is 10.5. The molecule has 1 heterocycles. The first-order valence-electron chi connectivity index (χ1n) is 16.1. The predicted molar refractivity (Wildman–Crippen MR) is 194 cm³/mol. The number of hydrogen-bond acceptors (Lipinski definition) is 3. The quantitative estimate of drug-likeness (QED) is 0.188. The van der Waals surface area contributed by atoms with E-state index in [1.807, 2.05) is 24.3 Å². The average molecular weight is 602 g/mol. The van der Waals surface area contributed by atoms with Crippen LogP contribution in [0.1, 0.15) is 25.0 Å². The van der Waals surface area contributed by atoms with Gasteiger partial charge < -0.3 is 0 Å². The third-order valence-corrected chi connectivity index (χ3v) is 9.73. The molecule has 7 aromatic carbocycles. The normalized spacial score (nSPS) is 13.1. The van der Waals surface area contributed by atoms with Crippen LogP contribution in [-0.4, -0.2) is 15.0 Å². The molecule has 1 aromatic heterocycles. The molecule has 47 heavy (non-hydrogen) atoms. The van der Waals surface area contributed by atoms with Crippen LogP contribution >= 0.6 is 0 Å². The van der Waals surface area contributed by atoms with E-state index in [0.717, 1.165) is 27.6 Å². The molecule has 3 nitrogen and oxygen atoms in total. The molecule has 0 N–H and O–H groups in total. The van der Waals surface area contributed by atoms with E-state index >= 15 is 0 Å². The van der Waals surface area contributed by atoms with Gasteiger partial charge in [0.2, 0.25) is 0 Å². The Kier molecular flexibility index (Phi) is 6.16. The molecule has 3 heteroatoms. The van der Waals surface area contributed by atoms with Gasteiger partial charge in [-0.25, -0.2) is 15.0 Å². The van der Waals surface area contributed by atoms with Crippen molar-refractivity contribution in [3.8, 4) is 56.4 Å². The van der Waals surface area contributed by atoms with Crippen LogP contribution < -0.4 is 0 Å². The molecule has 1 aliphatic rings. The number of rotatable bonds is 4. The molecule has 0 unspecified atom stereocenters. The van der Waals surface area contributed by atoms with Crippen molar-refractivity contribution in [1.82, 2.24) is 15.0 Å². The summed E-state index contributed by atoms with van der Waals surface area (Å²) in [5.74, 6) is 1.98. The predicted octanol–water partition coefficient (Wildman–Crippen LogP) is 11.2. The largest absolute Gasteiger partial charge is 0.208 e. The molecule has 1 aliphatic carbocycles. The zero-order valence-electron chi connectivity index (χ0n) is 26.3. The van der Waals surface area contributed by atoms with Crippen molar-refractivity contribution in [3.05, 3.63) is 163 Å². The van der Waals surface area contributed by atoms with Gasteiger partial charge in [-0.15, -0.1) is 0 Å². The van der Waals surface area contributed by atoms with Crippen molar-refractivity contribution in [1.29, 1.82) is 0 Å². The molecular formula is C44H31N3. The van der Waals surface area contributed by atoms with E-state index in [0.29, 0.717) is 17.5 Å². The van der Waals surface area contributed by atoms with Crippen LogP contribution in [0.2, 0.25) is 0 Å². The zero-order chi connectivity index (χ0) is 31.5. The fourth-order valence-corrected chi connectivity index (χ4v) is 7.35. The molecule has 0 saturated heterocycles. The van der Waals surface area contributed by atoms with Gasteiger partial charge in [-0.05, 0) is 61.0 Å². The second-order valence-electron chi connectivity index (χ2n) is 12.8. The van der Waals surface area contributed by atoms with Crippen LogP contribution in [-0.2, 0) is 5.41 Å². The molecule has 8 aromatic rings. The average Bonchev–Trinajstić information content (AvgIpc) is 3.38. The summed E-state index contributed by atoms with van der Waals surface area (Å²) >= 11 is 0. The molecule has 0 amide bonds. The SMILES string of the molecule is CC1(C)c2ccccc2-c2c1ccc1c(-c3nc(-c4ccccc4)nc(-c4ccc(-c5ccccc5)cc4)n3)cc3ccccc3c21. The molecular weight excluding hydrogens is 571 g/mol. The Labute approximate surface area is 274 Å². The van der Waals surface area contributed by atoms with E-state index in [1.54, 1.807) is 0 Å². The van der Waals surface area contributed by atoms with Gasteiger partial charge in [0.1, 0.15) is 0 Å². The molecule has 0 spiro atoms. The highest BCUT2D eigenvalue weighted by Gasteiger charge is 2.36. The third-order valence-electron chi connectivity index (χ3n) is 9.73. The van der Waals surface area contributed by atoms with Crippen molar-refractivity contribution in [2.75, 3.05) is 0 Å². The maximum absolute atomic E-state index is 5.20. The van der Waals surface area contributed by atoms with Crippen LogP contribution in [0.4, 0.5) is 0 Å². The Balaban J connectivity index is 1.31. The van der Waals surface area contributed by atoms with E-state index in [4.69, 9.17) is 15.0 Å². The van der Waals surface area contributed by atoms with Gasteiger partial charge in [0.15, 0.2) is 17.5 Å². The third kappa shape index (κ3) is 4.39. The first-order chi connectivity index (χ1) is 23.1. The maximum atomic E-state index is 5.20. The summed E-state index contributed by atoms with van der Waals surface area (Å²) in [7, 11) is 0. The molecule has 0 aliphatic heterocycles.